The number of aliphatic hydroxyl groups is 1. The lowest BCUT2D eigenvalue weighted by molar-refractivity contribution is 0.194. The molecule has 2 rings (SSSR count). The molecule has 0 amide bonds. The van der Waals surface area contributed by atoms with Gasteiger partial charge in [-0.3, -0.25) is 0 Å². The summed E-state index contributed by atoms with van der Waals surface area (Å²) in [6.07, 6.45) is -0.591. The first kappa shape index (κ1) is 13.6. The highest BCUT2D eigenvalue weighted by atomic mass is 16.3. The van der Waals surface area contributed by atoms with Crippen LogP contribution in [-0.2, 0) is 6.54 Å². The van der Waals surface area contributed by atoms with E-state index in [1.165, 1.54) is 0 Å². The third-order valence-electron chi connectivity index (χ3n) is 2.74. The van der Waals surface area contributed by atoms with E-state index in [-0.39, 0.29) is 0 Å². The van der Waals surface area contributed by atoms with E-state index in [2.05, 4.69) is 9.97 Å². The molecular formula is C15H19N3O. The third kappa shape index (κ3) is 3.59. The molecule has 4 nitrogen and oxygen atoms in total. The molecule has 0 unspecified atom stereocenters. The predicted molar refractivity (Wildman–Crippen MR) is 75.5 cm³/mol. The first-order valence-corrected chi connectivity index (χ1v) is 6.32. The van der Waals surface area contributed by atoms with E-state index in [9.17, 15) is 5.11 Å². The zero-order chi connectivity index (χ0) is 13.8. The molecule has 1 aromatic heterocycles. The van der Waals surface area contributed by atoms with E-state index >= 15 is 0 Å². The van der Waals surface area contributed by atoms with Gasteiger partial charge in [-0.25, -0.2) is 9.97 Å². The molecule has 0 saturated heterocycles. The minimum atomic E-state index is -0.591. The van der Waals surface area contributed by atoms with Gasteiger partial charge in [-0.15, -0.1) is 0 Å². The van der Waals surface area contributed by atoms with Crippen LogP contribution in [0.1, 0.15) is 24.4 Å². The van der Waals surface area contributed by atoms with Gasteiger partial charge in [-0.2, -0.15) is 0 Å². The van der Waals surface area contributed by atoms with Crippen LogP contribution in [0.2, 0.25) is 0 Å². The summed E-state index contributed by atoms with van der Waals surface area (Å²) in [7, 11) is 3.98. The van der Waals surface area contributed by atoms with Crippen LogP contribution in [-0.4, -0.2) is 34.1 Å². The minimum absolute atomic E-state index is 0.591. The molecule has 0 radical (unpaired) electrons. The van der Waals surface area contributed by atoms with Crippen molar-refractivity contribution in [1.29, 1.82) is 0 Å². The van der Waals surface area contributed by atoms with E-state index in [4.69, 9.17) is 0 Å². The number of nitrogens with zero attached hydrogens (tertiary/aromatic N) is 3. The second-order valence-electron chi connectivity index (χ2n) is 4.89. The third-order valence-corrected chi connectivity index (χ3v) is 2.74. The van der Waals surface area contributed by atoms with Crippen LogP contribution in [0.4, 0.5) is 0 Å². The average Bonchev–Trinajstić information content (AvgIpc) is 2.38. The summed E-state index contributed by atoms with van der Waals surface area (Å²) in [4.78, 5) is 11.0. The smallest absolute Gasteiger partial charge is 0.159 e. The Morgan fingerprint density at radius 1 is 1.16 bits per heavy atom. The number of hydrogen-bond donors (Lipinski definition) is 1. The Morgan fingerprint density at radius 2 is 1.84 bits per heavy atom. The Morgan fingerprint density at radius 3 is 2.42 bits per heavy atom. The van der Waals surface area contributed by atoms with Crippen LogP contribution in [0, 0.1) is 0 Å². The molecule has 0 aliphatic heterocycles. The Kier molecular flexibility index (Phi) is 4.24. The highest BCUT2D eigenvalue weighted by Gasteiger charge is 2.10. The summed E-state index contributed by atoms with van der Waals surface area (Å²) in [6.45, 7) is 2.44. The van der Waals surface area contributed by atoms with Gasteiger partial charge < -0.3 is 10.0 Å². The molecule has 0 saturated carbocycles. The van der Waals surface area contributed by atoms with E-state index in [0.717, 1.165) is 17.8 Å². The van der Waals surface area contributed by atoms with E-state index in [1.807, 2.05) is 55.4 Å². The van der Waals surface area contributed by atoms with E-state index in [0.29, 0.717) is 11.5 Å². The van der Waals surface area contributed by atoms with Crippen molar-refractivity contribution in [3.63, 3.8) is 0 Å². The van der Waals surface area contributed by atoms with E-state index < -0.39 is 6.10 Å². The van der Waals surface area contributed by atoms with Crippen molar-refractivity contribution in [2.45, 2.75) is 19.6 Å². The fourth-order valence-corrected chi connectivity index (χ4v) is 1.85. The number of rotatable bonds is 4. The van der Waals surface area contributed by atoms with Crippen molar-refractivity contribution < 1.29 is 5.11 Å². The second kappa shape index (κ2) is 5.91. The summed E-state index contributed by atoms with van der Waals surface area (Å²) in [5.41, 5.74) is 2.53. The van der Waals surface area contributed by atoms with Crippen molar-refractivity contribution >= 4 is 0 Å². The Labute approximate surface area is 113 Å². The van der Waals surface area contributed by atoms with Crippen molar-refractivity contribution in [1.82, 2.24) is 14.9 Å². The van der Waals surface area contributed by atoms with Crippen molar-refractivity contribution in [3.8, 4) is 11.4 Å². The van der Waals surface area contributed by atoms with Gasteiger partial charge in [0.1, 0.15) is 0 Å². The molecule has 0 aliphatic rings. The SMILES string of the molecule is C[C@@H](O)c1cc(CN(C)C)nc(-c2ccccc2)n1. The monoisotopic (exact) mass is 257 g/mol. The Bertz CT molecular complexity index is 538. The number of benzene rings is 1. The minimum Gasteiger partial charge on any atom is -0.387 e. The molecule has 19 heavy (non-hydrogen) atoms. The van der Waals surface area contributed by atoms with Crippen LogP contribution in [0.3, 0.4) is 0 Å². The zero-order valence-electron chi connectivity index (χ0n) is 11.5. The summed E-state index contributed by atoms with van der Waals surface area (Å²) in [5.74, 6) is 0.663. The first-order valence-electron chi connectivity index (χ1n) is 6.32. The van der Waals surface area contributed by atoms with Gasteiger partial charge in [0.05, 0.1) is 17.5 Å². The van der Waals surface area contributed by atoms with Gasteiger partial charge in [0.25, 0.3) is 0 Å². The van der Waals surface area contributed by atoms with Gasteiger partial charge in [0.2, 0.25) is 0 Å². The molecular weight excluding hydrogens is 238 g/mol. The molecule has 1 N–H and O–H groups in total. The van der Waals surface area contributed by atoms with Crippen LogP contribution in [0.25, 0.3) is 11.4 Å². The summed E-state index contributed by atoms with van der Waals surface area (Å²) < 4.78 is 0. The first-order chi connectivity index (χ1) is 9.06. The molecule has 2 aromatic rings. The largest absolute Gasteiger partial charge is 0.387 e. The molecule has 100 valence electrons. The highest BCUT2D eigenvalue weighted by Crippen LogP contribution is 2.19. The number of aromatic nitrogens is 2. The van der Waals surface area contributed by atoms with E-state index in [1.54, 1.807) is 6.92 Å². The molecule has 4 heteroatoms. The summed E-state index contributed by atoms with van der Waals surface area (Å²) >= 11 is 0. The van der Waals surface area contributed by atoms with Gasteiger partial charge >= 0.3 is 0 Å². The van der Waals surface area contributed by atoms with Crippen molar-refractivity contribution in [3.05, 3.63) is 47.8 Å². The predicted octanol–water partition coefficient (Wildman–Crippen LogP) is 2.26. The maximum atomic E-state index is 9.75. The lowest BCUT2D eigenvalue weighted by atomic mass is 10.1. The second-order valence-corrected chi connectivity index (χ2v) is 4.89. The molecule has 0 fully saturated rings. The van der Waals surface area contributed by atoms with Crippen molar-refractivity contribution in [2.75, 3.05) is 14.1 Å². The Balaban J connectivity index is 2.45. The zero-order valence-corrected chi connectivity index (χ0v) is 11.5. The topological polar surface area (TPSA) is 49.2 Å². The lowest BCUT2D eigenvalue weighted by Crippen LogP contribution is -2.13. The molecule has 1 aromatic carbocycles. The summed E-state index contributed by atoms with van der Waals surface area (Å²) in [5, 5.41) is 9.75. The maximum absolute atomic E-state index is 9.75. The molecule has 0 aliphatic carbocycles. The van der Waals surface area contributed by atoms with Crippen LogP contribution >= 0.6 is 0 Å². The molecule has 0 bridgehead atoms. The standard InChI is InChI=1S/C15H19N3O/c1-11(19)14-9-13(10-18(2)3)16-15(17-14)12-7-5-4-6-8-12/h4-9,11,19H,10H2,1-3H3/t11-/m1/s1. The van der Waals surface area contributed by atoms with Gasteiger partial charge in [-0.1, -0.05) is 30.3 Å². The Hall–Kier alpha value is -1.78. The van der Waals surface area contributed by atoms with Crippen molar-refractivity contribution in [2.24, 2.45) is 0 Å². The van der Waals surface area contributed by atoms with Crippen LogP contribution < -0.4 is 0 Å². The van der Waals surface area contributed by atoms with Gasteiger partial charge in [0.15, 0.2) is 5.82 Å². The number of aliphatic hydroxyl groups excluding tert-OH is 1. The normalized spacial score (nSPS) is 12.7. The van der Waals surface area contributed by atoms with Crippen LogP contribution in [0.5, 0.6) is 0 Å². The molecule has 0 spiro atoms. The average molecular weight is 257 g/mol. The lowest BCUT2D eigenvalue weighted by Gasteiger charge is -2.13. The number of hydrogen-bond acceptors (Lipinski definition) is 4. The molecule has 1 heterocycles. The maximum Gasteiger partial charge on any atom is 0.159 e. The molecule has 1 atom stereocenters. The summed E-state index contributed by atoms with van der Waals surface area (Å²) in [6, 6.07) is 11.7. The highest BCUT2D eigenvalue weighted by molar-refractivity contribution is 5.54. The van der Waals surface area contributed by atoms with Gasteiger partial charge in [0, 0.05) is 12.1 Å². The van der Waals surface area contributed by atoms with Crippen LogP contribution in [0.15, 0.2) is 36.4 Å². The van der Waals surface area contributed by atoms with Gasteiger partial charge in [-0.05, 0) is 27.1 Å². The fraction of sp³-hybridized carbons (Fsp3) is 0.333. The fourth-order valence-electron chi connectivity index (χ4n) is 1.85. The quantitative estimate of drug-likeness (QED) is 0.912.